The molecule has 0 saturated carbocycles. The number of anilines is 2. The van der Waals surface area contributed by atoms with Crippen molar-refractivity contribution in [1.29, 1.82) is 0 Å². The third-order valence-electron chi connectivity index (χ3n) is 2.66. The Morgan fingerprint density at radius 2 is 1.79 bits per heavy atom. The van der Waals surface area contributed by atoms with Gasteiger partial charge in [-0.25, -0.2) is 9.97 Å². The van der Waals surface area contributed by atoms with Crippen LogP contribution in [0.2, 0.25) is 0 Å². The Morgan fingerprint density at radius 3 is 2.26 bits per heavy atom. The highest BCUT2D eigenvalue weighted by atomic mass is 16.2. The number of rotatable bonds is 4. The number of carbonyl (C=O) groups is 1. The molecule has 3 N–H and O–H groups in total. The van der Waals surface area contributed by atoms with Crippen molar-refractivity contribution in [3.8, 4) is 0 Å². The normalized spacial score (nSPS) is 12.7. The number of aromatic nitrogens is 2. The molecule has 1 amide bonds. The van der Waals surface area contributed by atoms with E-state index < -0.39 is 0 Å². The summed E-state index contributed by atoms with van der Waals surface area (Å²) in [5, 5.41) is 8.68. The zero-order valence-corrected chi connectivity index (χ0v) is 12.5. The lowest BCUT2D eigenvalue weighted by atomic mass is 9.96. The summed E-state index contributed by atoms with van der Waals surface area (Å²) in [4.78, 5) is 20.4. The third-order valence-corrected chi connectivity index (χ3v) is 2.66. The molecule has 1 aromatic rings. The molecule has 6 nitrogen and oxygen atoms in total. The van der Waals surface area contributed by atoms with E-state index in [0.29, 0.717) is 5.82 Å². The van der Waals surface area contributed by atoms with Crippen LogP contribution in [0.3, 0.4) is 0 Å². The fraction of sp³-hybridized carbons (Fsp3) is 0.615. The maximum atomic E-state index is 11.5. The Bertz CT molecular complexity index is 453. The lowest BCUT2D eigenvalue weighted by Gasteiger charge is -2.20. The van der Waals surface area contributed by atoms with Crippen LogP contribution in [0, 0.1) is 0 Å². The second kappa shape index (κ2) is 5.86. The van der Waals surface area contributed by atoms with Crippen LogP contribution in [-0.4, -0.2) is 36.0 Å². The Labute approximate surface area is 114 Å². The lowest BCUT2D eigenvalue weighted by molar-refractivity contribution is -0.121. The number of hydrogen-bond acceptors (Lipinski definition) is 5. The predicted molar refractivity (Wildman–Crippen MR) is 77.4 cm³/mol. The van der Waals surface area contributed by atoms with Crippen LogP contribution >= 0.6 is 0 Å². The highest BCUT2D eigenvalue weighted by molar-refractivity contribution is 5.83. The molecule has 0 aliphatic carbocycles. The monoisotopic (exact) mass is 265 g/mol. The van der Waals surface area contributed by atoms with Gasteiger partial charge in [-0.15, -0.1) is 0 Å². The molecule has 0 aliphatic heterocycles. The second-order valence-corrected chi connectivity index (χ2v) is 5.44. The molecule has 1 heterocycles. The molecule has 106 valence electrons. The van der Waals surface area contributed by atoms with E-state index in [4.69, 9.17) is 0 Å². The molecule has 1 atom stereocenters. The molecule has 19 heavy (non-hydrogen) atoms. The number of amides is 1. The molecule has 1 rings (SSSR count). The van der Waals surface area contributed by atoms with Gasteiger partial charge in [-0.05, 0) is 6.92 Å². The molecule has 6 heteroatoms. The average Bonchev–Trinajstić information content (AvgIpc) is 2.36. The fourth-order valence-corrected chi connectivity index (χ4v) is 1.49. The van der Waals surface area contributed by atoms with Crippen molar-refractivity contribution < 1.29 is 4.79 Å². The summed E-state index contributed by atoms with van der Waals surface area (Å²) in [5.41, 5.74) is -0.153. The molecule has 1 unspecified atom stereocenters. The second-order valence-electron chi connectivity index (χ2n) is 5.44. The first-order valence-corrected chi connectivity index (χ1v) is 6.33. The maximum Gasteiger partial charge on any atom is 0.241 e. The number of carbonyl (C=O) groups excluding carboxylic acids is 1. The van der Waals surface area contributed by atoms with Gasteiger partial charge < -0.3 is 16.0 Å². The third kappa shape index (κ3) is 4.08. The van der Waals surface area contributed by atoms with Crippen LogP contribution in [-0.2, 0) is 10.2 Å². The topological polar surface area (TPSA) is 78.9 Å². The van der Waals surface area contributed by atoms with Gasteiger partial charge >= 0.3 is 0 Å². The van der Waals surface area contributed by atoms with Crippen LogP contribution in [0.4, 0.5) is 11.6 Å². The van der Waals surface area contributed by atoms with E-state index in [1.54, 1.807) is 27.1 Å². The quantitative estimate of drug-likeness (QED) is 0.766. The molecule has 1 aromatic heterocycles. The Morgan fingerprint density at radius 1 is 1.21 bits per heavy atom. The van der Waals surface area contributed by atoms with Crippen molar-refractivity contribution >= 4 is 17.5 Å². The van der Waals surface area contributed by atoms with E-state index in [0.717, 1.165) is 11.6 Å². The van der Waals surface area contributed by atoms with Crippen LogP contribution in [0.1, 0.15) is 33.5 Å². The van der Waals surface area contributed by atoms with E-state index in [-0.39, 0.29) is 17.4 Å². The minimum absolute atomic E-state index is 0.0815. The summed E-state index contributed by atoms with van der Waals surface area (Å²) in [7, 11) is 3.42. The van der Waals surface area contributed by atoms with Crippen molar-refractivity contribution in [3.63, 3.8) is 0 Å². The van der Waals surface area contributed by atoms with Crippen molar-refractivity contribution in [3.05, 3.63) is 11.9 Å². The zero-order chi connectivity index (χ0) is 14.6. The highest BCUT2D eigenvalue weighted by Gasteiger charge is 2.20. The van der Waals surface area contributed by atoms with E-state index >= 15 is 0 Å². The summed E-state index contributed by atoms with van der Waals surface area (Å²) in [6.45, 7) is 7.94. The largest absolute Gasteiger partial charge is 0.373 e. The summed E-state index contributed by atoms with van der Waals surface area (Å²) in [5.74, 6) is 2.01. The van der Waals surface area contributed by atoms with Gasteiger partial charge in [-0.2, -0.15) is 0 Å². The predicted octanol–water partition coefficient (Wildman–Crippen LogP) is 1.36. The molecular weight excluding hydrogens is 242 g/mol. The molecule has 0 saturated heterocycles. The Hall–Kier alpha value is -1.85. The molecule has 0 fully saturated rings. The highest BCUT2D eigenvalue weighted by Crippen LogP contribution is 2.22. The van der Waals surface area contributed by atoms with Crippen LogP contribution in [0.25, 0.3) is 0 Å². The smallest absolute Gasteiger partial charge is 0.241 e. The average molecular weight is 265 g/mol. The van der Waals surface area contributed by atoms with Gasteiger partial charge in [0, 0.05) is 25.6 Å². The van der Waals surface area contributed by atoms with E-state index in [1.807, 2.05) is 20.8 Å². The molecule has 0 aliphatic rings. The van der Waals surface area contributed by atoms with Crippen LogP contribution < -0.4 is 16.0 Å². The molecule has 0 bridgehead atoms. The Balaban J connectivity index is 3.04. The van der Waals surface area contributed by atoms with Gasteiger partial charge in [-0.1, -0.05) is 20.8 Å². The van der Waals surface area contributed by atoms with Crippen LogP contribution in [0.5, 0.6) is 0 Å². The number of likely N-dealkylation sites (N-methyl/N-ethyl adjacent to an activating group) is 1. The van der Waals surface area contributed by atoms with Gasteiger partial charge in [0.15, 0.2) is 0 Å². The first-order valence-electron chi connectivity index (χ1n) is 6.33. The first-order chi connectivity index (χ1) is 8.77. The lowest BCUT2D eigenvalue weighted by Crippen LogP contribution is -2.35. The van der Waals surface area contributed by atoms with Gasteiger partial charge in [0.2, 0.25) is 5.91 Å². The van der Waals surface area contributed by atoms with Crippen LogP contribution in [0.15, 0.2) is 6.07 Å². The summed E-state index contributed by atoms with van der Waals surface area (Å²) >= 11 is 0. The first kappa shape index (κ1) is 15.2. The minimum atomic E-state index is -0.350. The van der Waals surface area contributed by atoms with Gasteiger partial charge in [-0.3, -0.25) is 4.79 Å². The molecule has 0 radical (unpaired) electrons. The van der Waals surface area contributed by atoms with E-state index in [1.165, 1.54) is 0 Å². The standard InChI is InChI=1S/C13H23N5O/c1-8(11(19)15-6)16-10-7-9(14-5)17-12(18-10)13(2,3)4/h7-8H,1-6H3,(H,15,19)(H2,14,16,17,18). The maximum absolute atomic E-state index is 11.5. The van der Waals surface area contributed by atoms with Crippen molar-refractivity contribution in [2.45, 2.75) is 39.2 Å². The number of nitrogens with zero attached hydrogens (tertiary/aromatic N) is 2. The van der Waals surface area contributed by atoms with E-state index in [2.05, 4.69) is 25.9 Å². The van der Waals surface area contributed by atoms with Crippen molar-refractivity contribution in [1.82, 2.24) is 15.3 Å². The summed E-state index contributed by atoms with van der Waals surface area (Å²) in [6, 6.07) is 1.44. The van der Waals surface area contributed by atoms with Gasteiger partial charge in [0.25, 0.3) is 0 Å². The minimum Gasteiger partial charge on any atom is -0.373 e. The SMILES string of the molecule is CNC(=O)C(C)Nc1cc(NC)nc(C(C)(C)C)n1. The zero-order valence-electron chi connectivity index (χ0n) is 12.5. The summed E-state index contributed by atoms with van der Waals surface area (Å²) < 4.78 is 0. The fourth-order valence-electron chi connectivity index (χ4n) is 1.49. The summed E-state index contributed by atoms with van der Waals surface area (Å²) in [6.07, 6.45) is 0. The number of nitrogens with one attached hydrogen (secondary N) is 3. The van der Waals surface area contributed by atoms with Gasteiger partial charge in [0.05, 0.1) is 0 Å². The molecule has 0 spiro atoms. The van der Waals surface area contributed by atoms with E-state index in [9.17, 15) is 4.79 Å². The van der Waals surface area contributed by atoms with Crippen molar-refractivity contribution in [2.24, 2.45) is 0 Å². The Kier molecular flexibility index (Phi) is 4.69. The number of hydrogen-bond donors (Lipinski definition) is 3. The molecule has 0 aromatic carbocycles. The van der Waals surface area contributed by atoms with Gasteiger partial charge in [0.1, 0.15) is 23.5 Å². The molecular formula is C13H23N5O. The van der Waals surface area contributed by atoms with Crippen molar-refractivity contribution in [2.75, 3.05) is 24.7 Å².